The molecule has 0 saturated heterocycles. The Morgan fingerprint density at radius 3 is 2.69 bits per heavy atom. The number of hydrogen-bond donors (Lipinski definition) is 1. The van der Waals surface area contributed by atoms with E-state index in [0.717, 1.165) is 5.56 Å². The maximum absolute atomic E-state index is 12.4. The van der Waals surface area contributed by atoms with Crippen LogP contribution in [0.2, 0.25) is 5.02 Å². The van der Waals surface area contributed by atoms with Crippen molar-refractivity contribution in [3.63, 3.8) is 0 Å². The van der Waals surface area contributed by atoms with Gasteiger partial charge in [0.1, 0.15) is 11.3 Å². The van der Waals surface area contributed by atoms with Gasteiger partial charge in [-0.25, -0.2) is 4.79 Å². The summed E-state index contributed by atoms with van der Waals surface area (Å²) in [6.07, 6.45) is -0.104. The Hall–Kier alpha value is -2.79. The number of amides is 1. The number of anilines is 1. The molecule has 1 aromatic heterocycles. The van der Waals surface area contributed by atoms with Crippen molar-refractivity contribution in [3.05, 3.63) is 68.5 Å². The molecule has 5 nitrogen and oxygen atoms in total. The molecule has 0 saturated carbocycles. The summed E-state index contributed by atoms with van der Waals surface area (Å²) in [7, 11) is 1.56. The number of halogens is 1. The van der Waals surface area contributed by atoms with Gasteiger partial charge in [-0.3, -0.25) is 4.79 Å². The number of carbonyl (C=O) groups excluding carboxylic acids is 1. The van der Waals surface area contributed by atoms with E-state index in [0.29, 0.717) is 38.6 Å². The SMILES string of the molecule is COc1cc(C)cc2oc(=O)c(CC(=O)Nc3cccc(Cl)c3)c(C)c12. The number of hydrogen-bond acceptors (Lipinski definition) is 4. The minimum Gasteiger partial charge on any atom is -0.496 e. The molecule has 1 heterocycles. The highest BCUT2D eigenvalue weighted by Gasteiger charge is 2.18. The summed E-state index contributed by atoms with van der Waals surface area (Å²) < 4.78 is 10.9. The fourth-order valence-electron chi connectivity index (χ4n) is 2.93. The highest BCUT2D eigenvalue weighted by molar-refractivity contribution is 6.30. The molecule has 0 aliphatic carbocycles. The molecule has 0 bridgehead atoms. The van der Waals surface area contributed by atoms with Crippen molar-refractivity contribution in [2.24, 2.45) is 0 Å². The topological polar surface area (TPSA) is 68.5 Å². The predicted octanol–water partition coefficient (Wildman–Crippen LogP) is 4.25. The number of carbonyl (C=O) groups is 1. The summed E-state index contributed by atoms with van der Waals surface area (Å²) in [6, 6.07) is 10.5. The van der Waals surface area contributed by atoms with Crippen LogP contribution >= 0.6 is 11.6 Å². The zero-order valence-electron chi connectivity index (χ0n) is 14.7. The first-order valence-electron chi connectivity index (χ1n) is 8.05. The van der Waals surface area contributed by atoms with E-state index in [1.807, 2.05) is 13.0 Å². The smallest absolute Gasteiger partial charge is 0.340 e. The van der Waals surface area contributed by atoms with Crippen molar-refractivity contribution in [1.82, 2.24) is 0 Å². The third-order valence-corrected chi connectivity index (χ3v) is 4.39. The summed E-state index contributed by atoms with van der Waals surface area (Å²) in [4.78, 5) is 24.8. The third-order valence-electron chi connectivity index (χ3n) is 4.15. The first-order valence-corrected chi connectivity index (χ1v) is 8.43. The van der Waals surface area contributed by atoms with E-state index in [-0.39, 0.29) is 12.3 Å². The number of aryl methyl sites for hydroxylation is 2. The van der Waals surface area contributed by atoms with E-state index in [1.165, 1.54) is 0 Å². The molecule has 2 aromatic carbocycles. The summed E-state index contributed by atoms with van der Waals surface area (Å²) in [5.41, 5.74) is 2.39. The fourth-order valence-corrected chi connectivity index (χ4v) is 3.12. The number of ether oxygens (including phenoxy) is 1. The van der Waals surface area contributed by atoms with Crippen molar-refractivity contribution in [2.45, 2.75) is 20.3 Å². The van der Waals surface area contributed by atoms with E-state index in [9.17, 15) is 9.59 Å². The first-order chi connectivity index (χ1) is 12.4. The maximum atomic E-state index is 12.4. The zero-order valence-corrected chi connectivity index (χ0v) is 15.4. The molecular formula is C20H18ClNO4. The summed E-state index contributed by atoms with van der Waals surface area (Å²) in [6.45, 7) is 3.68. The molecule has 134 valence electrons. The van der Waals surface area contributed by atoms with Gasteiger partial charge in [0.25, 0.3) is 0 Å². The monoisotopic (exact) mass is 371 g/mol. The van der Waals surface area contributed by atoms with Crippen molar-refractivity contribution >= 4 is 34.2 Å². The largest absolute Gasteiger partial charge is 0.496 e. The lowest BCUT2D eigenvalue weighted by atomic mass is 10.0. The second kappa shape index (κ2) is 7.22. The Morgan fingerprint density at radius 2 is 2.00 bits per heavy atom. The van der Waals surface area contributed by atoms with E-state index in [2.05, 4.69) is 5.32 Å². The lowest BCUT2D eigenvalue weighted by Gasteiger charge is -2.12. The molecule has 3 rings (SSSR count). The van der Waals surface area contributed by atoms with Crippen LogP contribution in [0.15, 0.2) is 45.6 Å². The molecule has 0 spiro atoms. The van der Waals surface area contributed by atoms with Gasteiger partial charge in [-0.05, 0) is 55.3 Å². The number of methoxy groups -OCH3 is 1. The summed E-state index contributed by atoms with van der Waals surface area (Å²) in [5, 5.41) is 3.95. The van der Waals surface area contributed by atoms with Crippen molar-refractivity contribution in [3.8, 4) is 5.75 Å². The van der Waals surface area contributed by atoms with Gasteiger partial charge in [0, 0.05) is 10.7 Å². The minimum absolute atomic E-state index is 0.104. The van der Waals surface area contributed by atoms with Crippen LogP contribution in [0.1, 0.15) is 16.7 Å². The second-order valence-corrected chi connectivity index (χ2v) is 6.51. The molecule has 0 unspecified atom stereocenters. The van der Waals surface area contributed by atoms with Crippen LogP contribution in [0.4, 0.5) is 5.69 Å². The highest BCUT2D eigenvalue weighted by atomic mass is 35.5. The van der Waals surface area contributed by atoms with E-state index in [4.69, 9.17) is 20.8 Å². The van der Waals surface area contributed by atoms with Crippen molar-refractivity contribution in [1.29, 1.82) is 0 Å². The van der Waals surface area contributed by atoms with Gasteiger partial charge in [-0.15, -0.1) is 0 Å². The standard InChI is InChI=1S/C20H18ClNO4/c1-11-7-16(25-3)19-12(2)15(20(24)26-17(19)8-11)10-18(23)22-14-6-4-5-13(21)9-14/h4-9H,10H2,1-3H3,(H,22,23). The van der Waals surface area contributed by atoms with Crippen LogP contribution in [-0.4, -0.2) is 13.0 Å². The second-order valence-electron chi connectivity index (χ2n) is 6.07. The van der Waals surface area contributed by atoms with Gasteiger partial charge in [-0.2, -0.15) is 0 Å². The van der Waals surface area contributed by atoms with Gasteiger partial charge in [0.2, 0.25) is 5.91 Å². The summed E-state index contributed by atoms with van der Waals surface area (Å²) >= 11 is 5.92. The average Bonchev–Trinajstić information content (AvgIpc) is 2.57. The summed E-state index contributed by atoms with van der Waals surface area (Å²) in [5.74, 6) is 0.283. The van der Waals surface area contributed by atoms with Crippen LogP contribution < -0.4 is 15.7 Å². The molecular weight excluding hydrogens is 354 g/mol. The molecule has 1 N–H and O–H groups in total. The Balaban J connectivity index is 1.98. The molecule has 3 aromatic rings. The maximum Gasteiger partial charge on any atom is 0.340 e. The Bertz CT molecular complexity index is 1060. The van der Waals surface area contributed by atoms with Crippen LogP contribution in [0, 0.1) is 13.8 Å². The first kappa shape index (κ1) is 18.0. The molecule has 0 atom stereocenters. The fraction of sp³-hybridized carbons (Fsp3) is 0.200. The normalized spacial score (nSPS) is 10.8. The van der Waals surface area contributed by atoms with Gasteiger partial charge in [0.05, 0.1) is 24.5 Å². The van der Waals surface area contributed by atoms with Crippen LogP contribution in [-0.2, 0) is 11.2 Å². The molecule has 1 amide bonds. The van der Waals surface area contributed by atoms with E-state index >= 15 is 0 Å². The third kappa shape index (κ3) is 3.58. The van der Waals surface area contributed by atoms with Gasteiger partial charge in [0.15, 0.2) is 0 Å². The molecule has 6 heteroatoms. The zero-order chi connectivity index (χ0) is 18.8. The van der Waals surface area contributed by atoms with E-state index < -0.39 is 5.63 Å². The minimum atomic E-state index is -0.524. The average molecular weight is 372 g/mol. The number of fused-ring (bicyclic) bond motifs is 1. The highest BCUT2D eigenvalue weighted by Crippen LogP contribution is 2.30. The Morgan fingerprint density at radius 1 is 1.23 bits per heavy atom. The Kier molecular flexibility index (Phi) is 5.00. The van der Waals surface area contributed by atoms with Crippen LogP contribution in [0.25, 0.3) is 11.0 Å². The molecule has 0 radical (unpaired) electrons. The van der Waals surface area contributed by atoms with Crippen LogP contribution in [0.5, 0.6) is 5.75 Å². The number of benzene rings is 2. The van der Waals surface area contributed by atoms with Crippen LogP contribution in [0.3, 0.4) is 0 Å². The quantitative estimate of drug-likeness (QED) is 0.696. The number of nitrogens with one attached hydrogen (secondary N) is 1. The molecule has 0 fully saturated rings. The van der Waals surface area contributed by atoms with Gasteiger partial charge >= 0.3 is 5.63 Å². The molecule has 26 heavy (non-hydrogen) atoms. The Labute approximate surface area is 155 Å². The van der Waals surface area contributed by atoms with Crippen molar-refractivity contribution < 1.29 is 13.9 Å². The number of rotatable bonds is 4. The van der Waals surface area contributed by atoms with E-state index in [1.54, 1.807) is 44.4 Å². The lowest BCUT2D eigenvalue weighted by molar-refractivity contribution is -0.115. The molecule has 0 aliphatic heterocycles. The van der Waals surface area contributed by atoms with Gasteiger partial charge in [-0.1, -0.05) is 17.7 Å². The van der Waals surface area contributed by atoms with Gasteiger partial charge < -0.3 is 14.5 Å². The van der Waals surface area contributed by atoms with Crippen molar-refractivity contribution in [2.75, 3.05) is 12.4 Å². The lowest BCUT2D eigenvalue weighted by Crippen LogP contribution is -2.20. The molecule has 0 aliphatic rings. The predicted molar refractivity (Wildman–Crippen MR) is 102 cm³/mol.